The lowest BCUT2D eigenvalue weighted by Crippen LogP contribution is -2.53. The number of hydrogen-bond acceptors (Lipinski definition) is 6. The molecule has 9 nitrogen and oxygen atoms in total. The van der Waals surface area contributed by atoms with Crippen molar-refractivity contribution in [3.05, 3.63) is 71.8 Å². The number of ether oxygens (including phenoxy) is 1. The normalized spacial score (nSPS) is 12.1. The third-order valence-electron chi connectivity index (χ3n) is 4.15. The summed E-state index contributed by atoms with van der Waals surface area (Å²) in [4.78, 5) is 52.4. The highest BCUT2D eigenvalue weighted by Crippen LogP contribution is 2.05. The van der Waals surface area contributed by atoms with Crippen molar-refractivity contribution in [2.75, 3.05) is 0 Å². The third kappa shape index (κ3) is 8.57. The summed E-state index contributed by atoms with van der Waals surface area (Å²) in [5, 5.41) is 4.97. The van der Waals surface area contributed by atoms with Crippen molar-refractivity contribution in [2.45, 2.75) is 39.0 Å². The number of rotatable bonds is 8. The third-order valence-corrected chi connectivity index (χ3v) is 4.15. The highest BCUT2D eigenvalue weighted by molar-refractivity contribution is 5.91. The zero-order chi connectivity index (χ0) is 22.6. The minimum atomic E-state index is -1.03. The van der Waals surface area contributed by atoms with Crippen molar-refractivity contribution in [2.24, 2.45) is 0 Å². The second kappa shape index (κ2) is 12.0. The summed E-state index contributed by atoms with van der Waals surface area (Å²) in [5.74, 6) is -2.00. The van der Waals surface area contributed by atoms with Gasteiger partial charge in [0.25, 0.3) is 5.91 Å². The molecule has 0 fully saturated rings. The van der Waals surface area contributed by atoms with Crippen molar-refractivity contribution in [3.8, 4) is 0 Å². The van der Waals surface area contributed by atoms with E-state index in [1.54, 1.807) is 36.4 Å². The second-order valence-electron chi connectivity index (χ2n) is 6.74. The van der Waals surface area contributed by atoms with E-state index in [1.807, 2.05) is 29.7 Å². The standard InChI is InChI=1S/C22H25N3O6/c1-15(23-22(29)30-14-18-11-7-4-8-12-18)20(27)24-19(21(28)25-31-16(2)26)13-17-9-5-3-6-10-17/h3-12,15,19H,13-14H2,1-2H3,(H,23,29)(H,24,27)(H,25,28)/t15-,19-/m0/s1. The molecule has 0 bridgehead atoms. The molecule has 0 heterocycles. The van der Waals surface area contributed by atoms with E-state index in [1.165, 1.54) is 6.92 Å². The van der Waals surface area contributed by atoms with Gasteiger partial charge in [0.1, 0.15) is 18.7 Å². The summed E-state index contributed by atoms with van der Waals surface area (Å²) < 4.78 is 5.10. The Morgan fingerprint density at radius 1 is 0.839 bits per heavy atom. The summed E-state index contributed by atoms with van der Waals surface area (Å²) in [7, 11) is 0. The van der Waals surface area contributed by atoms with Crippen LogP contribution in [0.1, 0.15) is 25.0 Å². The Morgan fingerprint density at radius 3 is 2.00 bits per heavy atom. The highest BCUT2D eigenvalue weighted by atomic mass is 16.7. The molecule has 0 saturated carbocycles. The van der Waals surface area contributed by atoms with E-state index in [-0.39, 0.29) is 13.0 Å². The van der Waals surface area contributed by atoms with Crippen LogP contribution in [0.4, 0.5) is 4.79 Å². The van der Waals surface area contributed by atoms with Crippen molar-refractivity contribution >= 4 is 23.9 Å². The maximum Gasteiger partial charge on any atom is 0.408 e. The number of alkyl carbamates (subject to hydrolysis) is 1. The van der Waals surface area contributed by atoms with Crippen molar-refractivity contribution in [3.63, 3.8) is 0 Å². The monoisotopic (exact) mass is 427 g/mol. The zero-order valence-electron chi connectivity index (χ0n) is 17.3. The first kappa shape index (κ1) is 23.4. The van der Waals surface area contributed by atoms with E-state index in [4.69, 9.17) is 4.74 Å². The summed E-state index contributed by atoms with van der Waals surface area (Å²) in [5.41, 5.74) is 3.60. The van der Waals surface area contributed by atoms with Gasteiger partial charge in [-0.15, -0.1) is 0 Å². The van der Waals surface area contributed by atoms with Crippen LogP contribution in [-0.4, -0.2) is 36.0 Å². The molecule has 3 amide bonds. The zero-order valence-corrected chi connectivity index (χ0v) is 17.3. The van der Waals surface area contributed by atoms with Crippen molar-refractivity contribution < 1.29 is 28.8 Å². The molecule has 2 aromatic carbocycles. The molecule has 2 aromatic rings. The smallest absolute Gasteiger partial charge is 0.408 e. The van der Waals surface area contributed by atoms with E-state index in [0.717, 1.165) is 18.1 Å². The lowest BCUT2D eigenvalue weighted by molar-refractivity contribution is -0.157. The van der Waals surface area contributed by atoms with Crippen LogP contribution in [0.5, 0.6) is 0 Å². The lowest BCUT2D eigenvalue weighted by Gasteiger charge is -2.21. The fourth-order valence-corrected chi connectivity index (χ4v) is 2.56. The van der Waals surface area contributed by atoms with Gasteiger partial charge >= 0.3 is 12.1 Å². The van der Waals surface area contributed by atoms with E-state index < -0.39 is 36.0 Å². The molecular weight excluding hydrogens is 402 g/mol. The Hall–Kier alpha value is -3.88. The predicted molar refractivity (Wildman–Crippen MR) is 111 cm³/mol. The fourth-order valence-electron chi connectivity index (χ4n) is 2.56. The van der Waals surface area contributed by atoms with Gasteiger partial charge in [0.2, 0.25) is 5.91 Å². The van der Waals surface area contributed by atoms with E-state index >= 15 is 0 Å². The van der Waals surface area contributed by atoms with Crippen LogP contribution in [0.25, 0.3) is 0 Å². The number of hydrogen-bond donors (Lipinski definition) is 3. The number of nitrogens with one attached hydrogen (secondary N) is 3. The van der Waals surface area contributed by atoms with Crippen LogP contribution >= 0.6 is 0 Å². The first-order chi connectivity index (χ1) is 14.8. The van der Waals surface area contributed by atoms with E-state index in [2.05, 4.69) is 15.5 Å². The molecule has 9 heteroatoms. The Balaban J connectivity index is 1.92. The van der Waals surface area contributed by atoms with Crippen LogP contribution < -0.4 is 16.1 Å². The van der Waals surface area contributed by atoms with E-state index in [9.17, 15) is 19.2 Å². The molecule has 0 unspecified atom stereocenters. The molecular formula is C22H25N3O6. The Kier molecular flexibility index (Phi) is 9.03. The predicted octanol–water partition coefficient (Wildman–Crippen LogP) is 1.62. The van der Waals surface area contributed by atoms with Gasteiger partial charge in [0.15, 0.2) is 0 Å². The lowest BCUT2D eigenvalue weighted by atomic mass is 10.1. The first-order valence-corrected chi connectivity index (χ1v) is 9.64. The van der Waals surface area contributed by atoms with Crippen molar-refractivity contribution in [1.29, 1.82) is 0 Å². The van der Waals surface area contributed by atoms with Crippen LogP contribution in [0.15, 0.2) is 60.7 Å². The van der Waals surface area contributed by atoms with Gasteiger partial charge in [0, 0.05) is 13.3 Å². The number of benzene rings is 2. The molecule has 0 saturated heterocycles. The molecule has 0 aromatic heterocycles. The maximum absolute atomic E-state index is 12.5. The summed E-state index contributed by atoms with van der Waals surface area (Å²) in [6.07, 6.45) is -0.610. The Morgan fingerprint density at radius 2 is 1.42 bits per heavy atom. The van der Waals surface area contributed by atoms with Gasteiger partial charge in [-0.2, -0.15) is 5.48 Å². The number of carbonyl (C=O) groups is 4. The van der Waals surface area contributed by atoms with Gasteiger partial charge < -0.3 is 20.2 Å². The highest BCUT2D eigenvalue weighted by Gasteiger charge is 2.25. The van der Waals surface area contributed by atoms with Crippen molar-refractivity contribution in [1.82, 2.24) is 16.1 Å². The molecule has 0 spiro atoms. The van der Waals surface area contributed by atoms with Gasteiger partial charge in [-0.3, -0.25) is 14.4 Å². The Bertz CT molecular complexity index is 889. The van der Waals surface area contributed by atoms with Gasteiger partial charge in [-0.1, -0.05) is 60.7 Å². The average molecular weight is 427 g/mol. The molecule has 2 atom stereocenters. The van der Waals surface area contributed by atoms with Crippen LogP contribution in [-0.2, 0) is 37.0 Å². The Labute approximate surface area is 180 Å². The number of hydroxylamine groups is 1. The molecule has 0 radical (unpaired) electrons. The molecule has 2 rings (SSSR count). The van der Waals surface area contributed by atoms with Crippen LogP contribution in [0, 0.1) is 0 Å². The molecule has 3 N–H and O–H groups in total. The van der Waals surface area contributed by atoms with Gasteiger partial charge in [0.05, 0.1) is 0 Å². The fraction of sp³-hybridized carbons (Fsp3) is 0.273. The number of carbonyl (C=O) groups excluding carboxylic acids is 4. The van der Waals surface area contributed by atoms with Crippen LogP contribution in [0.2, 0.25) is 0 Å². The summed E-state index contributed by atoms with van der Waals surface area (Å²) in [6, 6.07) is 16.1. The molecule has 164 valence electrons. The second-order valence-corrected chi connectivity index (χ2v) is 6.74. The molecule has 31 heavy (non-hydrogen) atoms. The summed E-state index contributed by atoms with van der Waals surface area (Å²) in [6.45, 7) is 2.66. The quantitative estimate of drug-likeness (QED) is 0.550. The topological polar surface area (TPSA) is 123 Å². The molecule has 0 aliphatic rings. The van der Waals surface area contributed by atoms with Gasteiger partial charge in [-0.25, -0.2) is 4.79 Å². The average Bonchev–Trinajstić information content (AvgIpc) is 2.76. The molecule has 0 aliphatic carbocycles. The summed E-state index contributed by atoms with van der Waals surface area (Å²) >= 11 is 0. The molecule has 0 aliphatic heterocycles. The number of amides is 3. The van der Waals surface area contributed by atoms with Crippen LogP contribution in [0.3, 0.4) is 0 Å². The van der Waals surface area contributed by atoms with E-state index in [0.29, 0.717) is 0 Å². The maximum atomic E-state index is 12.5. The largest absolute Gasteiger partial charge is 0.445 e. The minimum Gasteiger partial charge on any atom is -0.445 e. The SMILES string of the molecule is CC(=O)ONC(=O)[C@H](Cc1ccccc1)NC(=O)[C@H](C)NC(=O)OCc1ccccc1. The minimum absolute atomic E-state index is 0.0580. The first-order valence-electron chi connectivity index (χ1n) is 9.64. The van der Waals surface area contributed by atoms with Gasteiger partial charge in [-0.05, 0) is 18.1 Å².